The molecule has 3 atom stereocenters. The van der Waals surface area contributed by atoms with E-state index in [0.717, 1.165) is 6.42 Å². The lowest BCUT2D eigenvalue weighted by Crippen LogP contribution is -2.39. The van der Waals surface area contributed by atoms with Crippen molar-refractivity contribution in [3.05, 3.63) is 143 Å². The number of allylic oxidation sites excluding steroid dienone is 6. The van der Waals surface area contributed by atoms with Gasteiger partial charge in [-0.3, -0.25) is 0 Å². The number of nitrogens with one attached hydrogen (secondary N) is 1. The van der Waals surface area contributed by atoms with Crippen molar-refractivity contribution in [1.29, 1.82) is 0 Å². The number of hydrogen-bond acceptors (Lipinski definition) is 2. The summed E-state index contributed by atoms with van der Waals surface area (Å²) in [5, 5.41) is 3.68. The molecule has 0 aromatic heterocycles. The van der Waals surface area contributed by atoms with Gasteiger partial charge in [-0.1, -0.05) is 98.0 Å². The highest BCUT2D eigenvalue weighted by Crippen LogP contribution is 2.55. The van der Waals surface area contributed by atoms with E-state index in [-0.39, 0.29) is 11.5 Å². The van der Waals surface area contributed by atoms with Crippen molar-refractivity contribution in [3.8, 4) is 0 Å². The molecule has 2 heteroatoms. The third-order valence-corrected chi connectivity index (χ3v) is 8.00. The molecule has 35 heavy (non-hydrogen) atoms. The maximum atomic E-state index is 3.68. The number of hydrogen-bond donors (Lipinski definition) is 1. The van der Waals surface area contributed by atoms with Crippen LogP contribution in [0.3, 0.4) is 0 Å². The topological polar surface area (TPSA) is 15.3 Å². The molecule has 2 nitrogen and oxygen atoms in total. The van der Waals surface area contributed by atoms with Gasteiger partial charge in [0.05, 0.1) is 6.04 Å². The fraction of sp³-hybridized carbons (Fsp3) is 0.152. The lowest BCUT2D eigenvalue weighted by molar-refractivity contribution is 0.454. The van der Waals surface area contributed by atoms with Gasteiger partial charge in [-0.05, 0) is 59.0 Å². The van der Waals surface area contributed by atoms with Gasteiger partial charge in [0.1, 0.15) is 0 Å². The van der Waals surface area contributed by atoms with Crippen LogP contribution in [0.25, 0.3) is 6.08 Å². The molecule has 0 spiro atoms. The third-order valence-electron chi connectivity index (χ3n) is 8.00. The molecule has 2 heterocycles. The molecule has 4 aliphatic rings. The number of nitrogens with zero attached hydrogens (tertiary/aromatic N) is 1. The maximum absolute atomic E-state index is 3.68. The van der Waals surface area contributed by atoms with Crippen LogP contribution in [0.4, 0.5) is 17.1 Å². The van der Waals surface area contributed by atoms with E-state index in [1.807, 2.05) is 0 Å². The Bertz CT molecular complexity index is 1470. The fourth-order valence-corrected chi connectivity index (χ4v) is 6.29. The van der Waals surface area contributed by atoms with Gasteiger partial charge in [-0.2, -0.15) is 0 Å². The lowest BCUT2D eigenvalue weighted by Gasteiger charge is -2.42. The molecule has 3 aromatic carbocycles. The first-order chi connectivity index (χ1) is 17.2. The highest BCUT2D eigenvalue weighted by molar-refractivity contribution is 5.77. The largest absolute Gasteiger partial charge is 0.355 e. The van der Waals surface area contributed by atoms with E-state index in [0.29, 0.717) is 5.92 Å². The lowest BCUT2D eigenvalue weighted by atomic mass is 9.67. The zero-order valence-electron chi connectivity index (χ0n) is 19.9. The maximum Gasteiger partial charge on any atom is 0.0667 e. The Kier molecular flexibility index (Phi) is 4.50. The molecule has 170 valence electrons. The van der Waals surface area contributed by atoms with E-state index >= 15 is 0 Å². The van der Waals surface area contributed by atoms with Crippen LogP contribution in [-0.2, 0) is 0 Å². The average molecular weight is 453 g/mol. The van der Waals surface area contributed by atoms with Gasteiger partial charge in [0.15, 0.2) is 0 Å². The summed E-state index contributed by atoms with van der Waals surface area (Å²) in [6.45, 7) is 2.41. The monoisotopic (exact) mass is 452 g/mol. The van der Waals surface area contributed by atoms with E-state index in [4.69, 9.17) is 0 Å². The Hall–Kier alpha value is -4.04. The standard InChI is InChI=1S/C33H28N2/c1-33(21-20-30-24(22-33)19-18-23-10-5-7-16-29(23)34-30)28-15-9-14-27-26-13-6-8-17-31(26)35(32(27)28)25-11-3-2-4-12-25/h2-21,27,32,34H,22H2,1H3. The quantitative estimate of drug-likeness (QED) is 0.422. The summed E-state index contributed by atoms with van der Waals surface area (Å²) in [5.41, 5.74) is 10.4. The van der Waals surface area contributed by atoms with E-state index in [1.165, 1.54) is 45.0 Å². The van der Waals surface area contributed by atoms with Crippen LogP contribution < -0.4 is 10.2 Å². The Balaban J connectivity index is 1.30. The van der Waals surface area contributed by atoms with Crippen molar-refractivity contribution >= 4 is 23.1 Å². The van der Waals surface area contributed by atoms with Crippen LogP contribution in [-0.4, -0.2) is 6.04 Å². The van der Waals surface area contributed by atoms with Crippen LogP contribution in [0, 0.1) is 5.41 Å². The van der Waals surface area contributed by atoms with Gasteiger partial charge >= 0.3 is 0 Å². The van der Waals surface area contributed by atoms with Crippen LogP contribution >= 0.6 is 0 Å². The van der Waals surface area contributed by atoms with Gasteiger partial charge in [-0.25, -0.2) is 0 Å². The molecule has 2 aliphatic carbocycles. The van der Waals surface area contributed by atoms with Crippen molar-refractivity contribution in [3.63, 3.8) is 0 Å². The van der Waals surface area contributed by atoms with Gasteiger partial charge in [0.2, 0.25) is 0 Å². The van der Waals surface area contributed by atoms with E-state index in [1.54, 1.807) is 0 Å². The molecule has 0 saturated heterocycles. The zero-order valence-corrected chi connectivity index (χ0v) is 19.9. The first kappa shape index (κ1) is 20.3. The Labute approximate surface area is 207 Å². The third kappa shape index (κ3) is 3.17. The van der Waals surface area contributed by atoms with Crippen molar-refractivity contribution in [2.75, 3.05) is 10.2 Å². The normalized spacial score (nSPS) is 25.7. The van der Waals surface area contributed by atoms with Crippen molar-refractivity contribution in [2.24, 2.45) is 5.41 Å². The molecule has 0 bridgehead atoms. The molecule has 0 amide bonds. The Morgan fingerprint density at radius 2 is 1.66 bits per heavy atom. The first-order valence-electron chi connectivity index (χ1n) is 12.5. The van der Waals surface area contributed by atoms with Crippen LogP contribution in [0.5, 0.6) is 0 Å². The molecule has 3 aromatic rings. The second-order valence-corrected chi connectivity index (χ2v) is 10.2. The van der Waals surface area contributed by atoms with Crippen molar-refractivity contribution < 1.29 is 0 Å². The predicted molar refractivity (Wildman–Crippen MR) is 147 cm³/mol. The summed E-state index contributed by atoms with van der Waals surface area (Å²) >= 11 is 0. The Morgan fingerprint density at radius 1 is 0.857 bits per heavy atom. The summed E-state index contributed by atoms with van der Waals surface area (Å²) in [7, 11) is 0. The zero-order chi connectivity index (χ0) is 23.4. The number of para-hydroxylation sites is 3. The van der Waals surface area contributed by atoms with E-state index in [9.17, 15) is 0 Å². The minimum absolute atomic E-state index is 0.0792. The highest BCUT2D eigenvalue weighted by atomic mass is 15.2. The molecule has 1 N–H and O–H groups in total. The number of benzene rings is 3. The highest BCUT2D eigenvalue weighted by Gasteiger charge is 2.46. The minimum Gasteiger partial charge on any atom is -0.355 e. The molecule has 0 radical (unpaired) electrons. The molecule has 0 fully saturated rings. The van der Waals surface area contributed by atoms with E-state index < -0.39 is 0 Å². The van der Waals surface area contributed by atoms with Gasteiger partial charge < -0.3 is 10.2 Å². The number of fused-ring (bicyclic) bond motifs is 4. The Morgan fingerprint density at radius 3 is 2.57 bits per heavy atom. The minimum atomic E-state index is -0.0792. The summed E-state index contributed by atoms with van der Waals surface area (Å²) in [6.07, 6.45) is 17.3. The van der Waals surface area contributed by atoms with Crippen LogP contribution in [0.1, 0.15) is 30.4 Å². The van der Waals surface area contributed by atoms with Crippen LogP contribution in [0.2, 0.25) is 0 Å². The summed E-state index contributed by atoms with van der Waals surface area (Å²) in [4.78, 5) is 2.56. The van der Waals surface area contributed by atoms with Crippen molar-refractivity contribution in [1.82, 2.24) is 0 Å². The second-order valence-electron chi connectivity index (χ2n) is 10.2. The fourth-order valence-electron chi connectivity index (χ4n) is 6.29. The summed E-state index contributed by atoms with van der Waals surface area (Å²) in [5.74, 6) is 0.346. The smallest absolute Gasteiger partial charge is 0.0667 e. The molecule has 0 saturated carbocycles. The van der Waals surface area contributed by atoms with Crippen LogP contribution in [0.15, 0.2) is 132 Å². The van der Waals surface area contributed by atoms with Gasteiger partial charge in [0.25, 0.3) is 0 Å². The molecule has 3 unspecified atom stereocenters. The van der Waals surface area contributed by atoms with E-state index in [2.05, 4.69) is 139 Å². The van der Waals surface area contributed by atoms with Gasteiger partial charge in [0, 0.05) is 34.1 Å². The predicted octanol–water partition coefficient (Wildman–Crippen LogP) is 8.15. The second kappa shape index (κ2) is 7.74. The molecule has 2 aliphatic heterocycles. The molecular formula is C33H28N2. The summed E-state index contributed by atoms with van der Waals surface area (Å²) < 4.78 is 0. The molecule has 7 rings (SSSR count). The molecular weight excluding hydrogens is 424 g/mol. The average Bonchev–Trinajstić information content (AvgIpc) is 3.13. The number of anilines is 3. The SMILES string of the molecule is CC1(C2=CC=CC3c4ccccc4N(c4ccccc4)C23)C=CC2=C(C=Cc3ccccc3N2)C1. The van der Waals surface area contributed by atoms with Gasteiger partial charge in [-0.15, -0.1) is 0 Å². The first-order valence-corrected chi connectivity index (χ1v) is 12.5. The number of rotatable bonds is 2. The van der Waals surface area contributed by atoms with Crippen molar-refractivity contribution in [2.45, 2.75) is 25.3 Å². The summed E-state index contributed by atoms with van der Waals surface area (Å²) in [6, 6.07) is 28.6.